The largest absolute Gasteiger partial charge is 0.496 e. The molecule has 0 aliphatic heterocycles. The molecule has 0 saturated heterocycles. The molecule has 0 fully saturated rings. The van der Waals surface area contributed by atoms with E-state index in [2.05, 4.69) is 13.2 Å². The quantitative estimate of drug-likeness (QED) is 0.153. The predicted molar refractivity (Wildman–Crippen MR) is 151 cm³/mol. The summed E-state index contributed by atoms with van der Waals surface area (Å²) in [6.45, 7) is 7.81. The Balaban J connectivity index is 1.88. The van der Waals surface area contributed by atoms with Gasteiger partial charge in [0.1, 0.15) is 11.4 Å². The fourth-order valence-corrected chi connectivity index (χ4v) is 5.64. The van der Waals surface area contributed by atoms with E-state index in [9.17, 15) is 28.6 Å². The van der Waals surface area contributed by atoms with Gasteiger partial charge in [0.15, 0.2) is 0 Å². The number of ether oxygens (including phenoxy) is 1. The van der Waals surface area contributed by atoms with Crippen molar-refractivity contribution in [3.8, 4) is 5.75 Å². The summed E-state index contributed by atoms with van der Waals surface area (Å²) in [5, 5.41) is 23.9. The molecule has 0 unspecified atom stereocenters. The molecule has 0 bridgehead atoms. The third kappa shape index (κ3) is 6.48. The Morgan fingerprint density at radius 1 is 0.872 bits per heavy atom. The Kier molecular flexibility index (Phi) is 9.52. The van der Waals surface area contributed by atoms with Crippen molar-refractivity contribution in [3.63, 3.8) is 0 Å². The van der Waals surface area contributed by atoms with Gasteiger partial charge in [0, 0.05) is 43.0 Å². The zero-order chi connectivity index (χ0) is 28.6. The van der Waals surface area contributed by atoms with Gasteiger partial charge < -0.3 is 9.64 Å². The van der Waals surface area contributed by atoms with Crippen molar-refractivity contribution in [2.75, 3.05) is 38.2 Å². The lowest BCUT2D eigenvalue weighted by molar-refractivity contribution is -0.393. The van der Waals surface area contributed by atoms with Crippen molar-refractivity contribution in [2.45, 2.75) is 4.90 Å². The Bertz CT molecular complexity index is 1540. The van der Waals surface area contributed by atoms with Crippen LogP contribution in [0.5, 0.6) is 5.75 Å². The number of nitro benzene ring substituents is 2. The summed E-state index contributed by atoms with van der Waals surface area (Å²) in [6, 6.07) is 13.6. The first kappa shape index (κ1) is 29.0. The highest BCUT2D eigenvalue weighted by atomic mass is 32.2. The normalized spacial score (nSPS) is 11.5. The van der Waals surface area contributed by atoms with Crippen LogP contribution < -0.4 is 9.64 Å². The van der Waals surface area contributed by atoms with Crippen molar-refractivity contribution in [1.82, 2.24) is 4.31 Å². The van der Waals surface area contributed by atoms with Gasteiger partial charge in [-0.3, -0.25) is 20.2 Å². The second-order valence-corrected chi connectivity index (χ2v) is 10.2. The SMILES string of the molecule is C=CCN(C/C=C/CN(CC=C)S(=O)(=O)c1cccc2c(OC)cccc12)c1ccc([N+](=O)[O-])cc1[N+](=O)[O-]. The van der Waals surface area contributed by atoms with Crippen LogP contribution in [0, 0.1) is 20.2 Å². The fourth-order valence-electron chi connectivity index (χ4n) is 4.07. The van der Waals surface area contributed by atoms with E-state index in [0.29, 0.717) is 16.5 Å². The highest BCUT2D eigenvalue weighted by molar-refractivity contribution is 7.89. The number of non-ortho nitro benzene ring substituents is 1. The second-order valence-electron chi connectivity index (χ2n) is 8.27. The maximum atomic E-state index is 13.6. The van der Waals surface area contributed by atoms with Crippen molar-refractivity contribution < 1.29 is 23.0 Å². The van der Waals surface area contributed by atoms with Gasteiger partial charge in [-0.25, -0.2) is 8.42 Å². The van der Waals surface area contributed by atoms with Crippen LogP contribution in [-0.4, -0.2) is 55.9 Å². The van der Waals surface area contributed by atoms with Gasteiger partial charge >= 0.3 is 0 Å². The van der Waals surface area contributed by atoms with Gasteiger partial charge in [0.2, 0.25) is 10.0 Å². The molecule has 3 aromatic carbocycles. The second kappa shape index (κ2) is 12.8. The van der Waals surface area contributed by atoms with E-state index in [1.807, 2.05) is 0 Å². The number of anilines is 1. The number of hydrogen-bond acceptors (Lipinski definition) is 8. The molecule has 0 N–H and O–H groups in total. The third-order valence-corrected chi connectivity index (χ3v) is 7.76. The maximum absolute atomic E-state index is 13.6. The lowest BCUT2D eigenvalue weighted by Crippen LogP contribution is -2.32. The average molecular weight is 553 g/mol. The minimum absolute atomic E-state index is 0.0129. The van der Waals surface area contributed by atoms with Gasteiger partial charge in [-0.15, -0.1) is 13.2 Å². The van der Waals surface area contributed by atoms with E-state index >= 15 is 0 Å². The van der Waals surface area contributed by atoms with Crippen molar-refractivity contribution in [3.05, 3.63) is 112 Å². The highest BCUT2D eigenvalue weighted by Crippen LogP contribution is 2.33. The van der Waals surface area contributed by atoms with Crippen molar-refractivity contribution in [1.29, 1.82) is 0 Å². The van der Waals surface area contributed by atoms with Crippen LogP contribution in [-0.2, 0) is 10.0 Å². The van der Waals surface area contributed by atoms with E-state index in [0.717, 1.165) is 6.07 Å². The molecule has 0 atom stereocenters. The number of methoxy groups -OCH3 is 1. The van der Waals surface area contributed by atoms with Gasteiger partial charge in [-0.05, 0) is 18.2 Å². The fraction of sp³-hybridized carbons (Fsp3) is 0.185. The van der Waals surface area contributed by atoms with Gasteiger partial charge in [-0.1, -0.05) is 48.6 Å². The molecule has 3 aromatic rings. The molecule has 0 saturated carbocycles. The molecule has 3 rings (SSSR count). The van der Waals surface area contributed by atoms with Gasteiger partial charge in [0.05, 0.1) is 27.9 Å². The minimum atomic E-state index is -3.94. The summed E-state index contributed by atoms with van der Waals surface area (Å²) in [7, 11) is -2.42. The Hall–Kier alpha value is -4.55. The number of hydrogen-bond donors (Lipinski definition) is 0. The number of benzene rings is 3. The van der Waals surface area contributed by atoms with Crippen LogP contribution in [0.25, 0.3) is 10.8 Å². The number of sulfonamides is 1. The maximum Gasteiger partial charge on any atom is 0.299 e. The molecule has 0 aliphatic carbocycles. The van der Waals surface area contributed by atoms with Crippen LogP contribution in [0.1, 0.15) is 0 Å². The molecule has 0 amide bonds. The number of rotatable bonds is 14. The summed E-state index contributed by atoms with van der Waals surface area (Å²) in [5.41, 5.74) is -0.631. The minimum Gasteiger partial charge on any atom is -0.496 e. The molecule has 0 radical (unpaired) electrons. The van der Waals surface area contributed by atoms with E-state index in [1.54, 1.807) is 53.5 Å². The zero-order valence-corrected chi connectivity index (χ0v) is 22.1. The number of nitrogens with zero attached hydrogens (tertiary/aromatic N) is 4. The summed E-state index contributed by atoms with van der Waals surface area (Å²) in [4.78, 5) is 23.0. The molecule has 0 spiro atoms. The van der Waals surface area contributed by atoms with Gasteiger partial charge in [0.25, 0.3) is 11.4 Å². The zero-order valence-electron chi connectivity index (χ0n) is 21.3. The van der Waals surface area contributed by atoms with Crippen molar-refractivity contribution in [2.24, 2.45) is 0 Å². The molecule has 0 heterocycles. The predicted octanol–water partition coefficient (Wildman–Crippen LogP) is 5.09. The summed E-state index contributed by atoms with van der Waals surface area (Å²) in [6.07, 6.45) is 6.34. The third-order valence-electron chi connectivity index (χ3n) is 5.87. The standard InChI is InChI=1S/C27H28N4O7S/c1-4-16-28(24-15-14-21(30(32)33)20-25(24)31(34)35)18-6-7-19-29(17-5-2)39(36,37)27-13-9-10-22-23(27)11-8-12-26(22)38-3/h4-15,20H,1-2,16-19H2,3H3/b7-6+. The lowest BCUT2D eigenvalue weighted by atomic mass is 10.1. The summed E-state index contributed by atoms with van der Waals surface area (Å²) in [5.74, 6) is 0.558. The van der Waals surface area contributed by atoms with E-state index < -0.39 is 31.2 Å². The highest BCUT2D eigenvalue weighted by Gasteiger charge is 2.26. The van der Waals surface area contributed by atoms with Crippen molar-refractivity contribution >= 4 is 37.9 Å². The molecule has 11 nitrogen and oxygen atoms in total. The first-order valence-electron chi connectivity index (χ1n) is 11.8. The molecule has 12 heteroatoms. The van der Waals surface area contributed by atoms with Gasteiger partial charge in [-0.2, -0.15) is 4.31 Å². The van der Waals surface area contributed by atoms with E-state index in [-0.39, 0.29) is 36.8 Å². The smallest absolute Gasteiger partial charge is 0.299 e. The van der Waals surface area contributed by atoms with Crippen LogP contribution >= 0.6 is 0 Å². The van der Waals surface area contributed by atoms with Crippen LogP contribution in [0.3, 0.4) is 0 Å². The Morgan fingerprint density at radius 2 is 1.54 bits per heavy atom. The molecule has 0 aliphatic rings. The summed E-state index contributed by atoms with van der Waals surface area (Å²) < 4.78 is 33.9. The first-order chi connectivity index (χ1) is 18.6. The van der Waals surface area contributed by atoms with E-state index in [4.69, 9.17) is 4.74 Å². The number of nitro groups is 2. The molecule has 39 heavy (non-hydrogen) atoms. The van der Waals surface area contributed by atoms with Crippen LogP contribution in [0.15, 0.2) is 97.0 Å². The molecule has 0 aromatic heterocycles. The van der Waals surface area contributed by atoms with E-state index in [1.165, 1.54) is 35.7 Å². The molecule has 204 valence electrons. The Labute approximate surface area is 226 Å². The molecular weight excluding hydrogens is 524 g/mol. The molecular formula is C27H28N4O7S. The lowest BCUT2D eigenvalue weighted by Gasteiger charge is -2.22. The monoisotopic (exact) mass is 552 g/mol. The van der Waals surface area contributed by atoms with Crippen LogP contribution in [0.4, 0.5) is 17.1 Å². The first-order valence-corrected chi connectivity index (χ1v) is 13.2. The average Bonchev–Trinajstić information content (AvgIpc) is 2.92. The number of fused-ring (bicyclic) bond motifs is 1. The topological polar surface area (TPSA) is 136 Å². The van der Waals surface area contributed by atoms with Crippen LogP contribution in [0.2, 0.25) is 0 Å². The summed E-state index contributed by atoms with van der Waals surface area (Å²) >= 11 is 0. The Morgan fingerprint density at radius 3 is 2.18 bits per heavy atom.